The Labute approximate surface area is 104 Å². The number of carbonyl (C=O) groups excluding carboxylic acids is 2. The zero-order chi connectivity index (χ0) is 13.9. The van der Waals surface area contributed by atoms with E-state index in [1.807, 2.05) is 0 Å². The number of aryl methyl sites for hydroxylation is 1. The van der Waals surface area contributed by atoms with Crippen LogP contribution in [-0.4, -0.2) is 35.3 Å². The number of primary amides is 1. The van der Waals surface area contributed by atoms with E-state index in [1.54, 1.807) is 13.0 Å². The molecule has 0 spiro atoms. The maximum atomic E-state index is 11.5. The summed E-state index contributed by atoms with van der Waals surface area (Å²) in [4.78, 5) is 22.4. The molecule has 4 N–H and O–H groups in total. The van der Waals surface area contributed by atoms with E-state index in [4.69, 9.17) is 5.73 Å². The van der Waals surface area contributed by atoms with Gasteiger partial charge in [-0.05, 0) is 18.6 Å². The number of ether oxygens (including phenoxy) is 1. The minimum Gasteiger partial charge on any atom is -0.465 e. The van der Waals surface area contributed by atoms with Gasteiger partial charge >= 0.3 is 5.97 Å². The summed E-state index contributed by atoms with van der Waals surface area (Å²) >= 11 is 0. The third-order valence-electron chi connectivity index (χ3n) is 2.52. The average molecular weight is 253 g/mol. The predicted octanol–water partition coefficient (Wildman–Crippen LogP) is -0.339. The molecule has 0 bridgehead atoms. The van der Waals surface area contributed by atoms with Crippen molar-refractivity contribution in [1.29, 1.82) is 0 Å². The van der Waals surface area contributed by atoms with Crippen molar-refractivity contribution < 1.29 is 24.5 Å². The molecule has 0 aliphatic carbocycles. The van der Waals surface area contributed by atoms with E-state index in [0.717, 1.165) is 5.56 Å². The van der Waals surface area contributed by atoms with Gasteiger partial charge in [-0.1, -0.05) is 17.7 Å². The van der Waals surface area contributed by atoms with Crippen molar-refractivity contribution in [2.45, 2.75) is 19.1 Å². The van der Waals surface area contributed by atoms with Crippen molar-refractivity contribution in [3.05, 3.63) is 34.9 Å². The van der Waals surface area contributed by atoms with E-state index in [2.05, 4.69) is 4.74 Å². The molecule has 0 aliphatic heterocycles. The Morgan fingerprint density at radius 3 is 2.44 bits per heavy atom. The van der Waals surface area contributed by atoms with Crippen LogP contribution in [0.2, 0.25) is 0 Å². The van der Waals surface area contributed by atoms with Crippen molar-refractivity contribution in [2.24, 2.45) is 5.73 Å². The van der Waals surface area contributed by atoms with Crippen LogP contribution in [0.25, 0.3) is 0 Å². The zero-order valence-corrected chi connectivity index (χ0v) is 10.1. The predicted molar refractivity (Wildman–Crippen MR) is 62.7 cm³/mol. The summed E-state index contributed by atoms with van der Waals surface area (Å²) in [5, 5.41) is 19.3. The molecule has 1 aromatic rings. The number of hydrogen-bond acceptors (Lipinski definition) is 5. The first-order valence-corrected chi connectivity index (χ1v) is 5.22. The lowest BCUT2D eigenvalue weighted by atomic mass is 9.96. The molecule has 98 valence electrons. The third kappa shape index (κ3) is 2.85. The maximum absolute atomic E-state index is 11.5. The van der Waals surface area contributed by atoms with Crippen molar-refractivity contribution in [3.8, 4) is 0 Å². The average Bonchev–Trinajstić information content (AvgIpc) is 2.35. The first kappa shape index (κ1) is 14.1. The van der Waals surface area contributed by atoms with Crippen LogP contribution >= 0.6 is 0 Å². The zero-order valence-electron chi connectivity index (χ0n) is 10.1. The second kappa shape index (κ2) is 5.61. The number of rotatable bonds is 4. The van der Waals surface area contributed by atoms with Gasteiger partial charge in [0.1, 0.15) is 6.10 Å². The highest BCUT2D eigenvalue weighted by molar-refractivity contribution is 5.91. The number of aliphatic hydroxyl groups excluding tert-OH is 2. The van der Waals surface area contributed by atoms with Crippen LogP contribution in [0.3, 0.4) is 0 Å². The van der Waals surface area contributed by atoms with E-state index in [-0.39, 0.29) is 11.1 Å². The van der Waals surface area contributed by atoms with Gasteiger partial charge in [-0.25, -0.2) is 4.79 Å². The monoisotopic (exact) mass is 253 g/mol. The van der Waals surface area contributed by atoms with Crippen molar-refractivity contribution >= 4 is 11.9 Å². The summed E-state index contributed by atoms with van der Waals surface area (Å²) < 4.78 is 4.56. The van der Waals surface area contributed by atoms with Crippen LogP contribution in [0.1, 0.15) is 27.6 Å². The van der Waals surface area contributed by atoms with Crippen LogP contribution in [0.4, 0.5) is 0 Å². The quantitative estimate of drug-likeness (QED) is 0.636. The summed E-state index contributed by atoms with van der Waals surface area (Å²) in [6.07, 6.45) is -3.35. The van der Waals surface area contributed by atoms with Crippen molar-refractivity contribution in [2.75, 3.05) is 7.11 Å². The fourth-order valence-corrected chi connectivity index (χ4v) is 1.55. The first-order valence-electron chi connectivity index (χ1n) is 5.22. The molecule has 1 aromatic carbocycles. The molecule has 0 saturated heterocycles. The minimum absolute atomic E-state index is 0.0795. The molecule has 0 aliphatic rings. The smallest absolute Gasteiger partial charge is 0.338 e. The molecule has 6 nitrogen and oxygen atoms in total. The number of carbonyl (C=O) groups is 2. The summed E-state index contributed by atoms with van der Waals surface area (Å²) in [6.45, 7) is 1.74. The fourth-order valence-electron chi connectivity index (χ4n) is 1.55. The highest BCUT2D eigenvalue weighted by Crippen LogP contribution is 2.23. The van der Waals surface area contributed by atoms with Crippen LogP contribution in [0.15, 0.2) is 18.2 Å². The highest BCUT2D eigenvalue weighted by atomic mass is 16.5. The topological polar surface area (TPSA) is 110 Å². The van der Waals surface area contributed by atoms with Crippen LogP contribution in [0.5, 0.6) is 0 Å². The lowest BCUT2D eigenvalue weighted by Gasteiger charge is -2.18. The second-order valence-electron chi connectivity index (χ2n) is 3.87. The second-order valence-corrected chi connectivity index (χ2v) is 3.87. The van der Waals surface area contributed by atoms with Gasteiger partial charge in [0.05, 0.1) is 12.7 Å². The number of methoxy groups -OCH3 is 1. The lowest BCUT2D eigenvalue weighted by molar-refractivity contribution is -0.132. The summed E-state index contributed by atoms with van der Waals surface area (Å²) in [6, 6.07) is 4.59. The largest absolute Gasteiger partial charge is 0.465 e. The molecular formula is C12H15NO5. The van der Waals surface area contributed by atoms with Gasteiger partial charge in [0.15, 0.2) is 6.10 Å². The molecule has 0 radical (unpaired) electrons. The number of nitrogens with two attached hydrogens (primary N) is 1. The summed E-state index contributed by atoms with van der Waals surface area (Å²) in [5.41, 5.74) is 5.85. The Balaban J connectivity index is 3.24. The fraction of sp³-hybridized carbons (Fsp3) is 0.333. The Hall–Kier alpha value is -1.92. The number of aliphatic hydroxyl groups is 2. The Kier molecular flexibility index (Phi) is 4.41. The number of benzene rings is 1. The molecule has 2 unspecified atom stereocenters. The lowest BCUT2D eigenvalue weighted by Crippen LogP contribution is -2.34. The first-order chi connectivity index (χ1) is 8.38. The van der Waals surface area contributed by atoms with Gasteiger partial charge in [0, 0.05) is 0 Å². The molecule has 6 heteroatoms. The van der Waals surface area contributed by atoms with Crippen molar-refractivity contribution in [3.63, 3.8) is 0 Å². The number of hydrogen-bond donors (Lipinski definition) is 3. The molecule has 18 heavy (non-hydrogen) atoms. The standard InChI is InChI=1S/C12H15NO5/c1-6-3-4-7(12(17)18-2)8(5-6)9(14)10(15)11(13)16/h3-5,9-10,14-15H,1-2H3,(H2,13,16). The molecule has 0 aromatic heterocycles. The summed E-state index contributed by atoms with van der Waals surface area (Å²) in [5.74, 6) is -1.74. The van der Waals surface area contributed by atoms with Gasteiger partial charge < -0.3 is 20.7 Å². The molecule has 2 atom stereocenters. The number of amides is 1. The molecule has 0 saturated carbocycles. The third-order valence-corrected chi connectivity index (χ3v) is 2.52. The molecular weight excluding hydrogens is 238 g/mol. The SMILES string of the molecule is COC(=O)c1ccc(C)cc1C(O)C(O)C(N)=O. The van der Waals surface area contributed by atoms with Gasteiger partial charge in [0.25, 0.3) is 0 Å². The van der Waals surface area contributed by atoms with Crippen molar-refractivity contribution in [1.82, 2.24) is 0 Å². The van der Waals surface area contributed by atoms with E-state index in [1.165, 1.54) is 19.2 Å². The Morgan fingerprint density at radius 1 is 1.33 bits per heavy atom. The maximum Gasteiger partial charge on any atom is 0.338 e. The Morgan fingerprint density at radius 2 is 1.94 bits per heavy atom. The molecule has 0 fully saturated rings. The normalized spacial score (nSPS) is 13.8. The summed E-state index contributed by atoms with van der Waals surface area (Å²) in [7, 11) is 1.20. The van der Waals surface area contributed by atoms with Crippen LogP contribution in [-0.2, 0) is 9.53 Å². The molecule has 1 rings (SSSR count). The van der Waals surface area contributed by atoms with Gasteiger partial charge in [-0.2, -0.15) is 0 Å². The van der Waals surface area contributed by atoms with Gasteiger partial charge in [-0.3, -0.25) is 4.79 Å². The molecule has 0 heterocycles. The van der Waals surface area contributed by atoms with E-state index in [0.29, 0.717) is 0 Å². The van der Waals surface area contributed by atoms with E-state index in [9.17, 15) is 19.8 Å². The number of esters is 1. The van der Waals surface area contributed by atoms with Gasteiger partial charge in [0.2, 0.25) is 5.91 Å². The van der Waals surface area contributed by atoms with Gasteiger partial charge in [-0.15, -0.1) is 0 Å². The molecule has 1 amide bonds. The highest BCUT2D eigenvalue weighted by Gasteiger charge is 2.27. The Bertz CT molecular complexity index is 472. The van der Waals surface area contributed by atoms with Crippen LogP contribution < -0.4 is 5.73 Å². The van der Waals surface area contributed by atoms with E-state index < -0.39 is 24.1 Å². The van der Waals surface area contributed by atoms with Crippen LogP contribution in [0, 0.1) is 6.92 Å². The minimum atomic E-state index is -1.78. The van der Waals surface area contributed by atoms with E-state index >= 15 is 0 Å².